The van der Waals surface area contributed by atoms with E-state index in [4.69, 9.17) is 9.47 Å². The molecule has 0 bridgehead atoms. The monoisotopic (exact) mass is 502 g/mol. The second kappa shape index (κ2) is 11.0. The van der Waals surface area contributed by atoms with Gasteiger partial charge in [-0.05, 0) is 97.8 Å². The van der Waals surface area contributed by atoms with Crippen molar-refractivity contribution in [3.63, 3.8) is 0 Å². The van der Waals surface area contributed by atoms with Crippen molar-refractivity contribution in [1.29, 1.82) is 0 Å². The van der Waals surface area contributed by atoms with Gasteiger partial charge < -0.3 is 14.8 Å². The fourth-order valence-corrected chi connectivity index (χ4v) is 4.36. The van der Waals surface area contributed by atoms with Crippen LogP contribution in [0, 0.1) is 13.8 Å². The van der Waals surface area contributed by atoms with Crippen LogP contribution in [0.2, 0.25) is 0 Å². The SMILES string of the molecule is Cc1ccc(NS(=O)(=O)c2ccc(OCC(=O)Nc3ccc(Oc4ccccc4)cc3)cc2)cc1C. The third kappa shape index (κ3) is 6.64. The van der Waals surface area contributed by atoms with Gasteiger partial charge in [0.25, 0.3) is 15.9 Å². The lowest BCUT2D eigenvalue weighted by Gasteiger charge is -2.11. The van der Waals surface area contributed by atoms with E-state index in [1.54, 1.807) is 36.4 Å². The molecule has 0 spiro atoms. The number of hydrogen-bond acceptors (Lipinski definition) is 5. The van der Waals surface area contributed by atoms with Gasteiger partial charge in [0.15, 0.2) is 6.61 Å². The van der Waals surface area contributed by atoms with Crippen LogP contribution in [0.5, 0.6) is 17.2 Å². The summed E-state index contributed by atoms with van der Waals surface area (Å²) in [7, 11) is -3.75. The van der Waals surface area contributed by atoms with E-state index >= 15 is 0 Å². The van der Waals surface area contributed by atoms with Gasteiger partial charge in [0.05, 0.1) is 4.90 Å². The molecule has 36 heavy (non-hydrogen) atoms. The van der Waals surface area contributed by atoms with Gasteiger partial charge in [-0.1, -0.05) is 24.3 Å². The molecule has 184 valence electrons. The number of benzene rings is 4. The molecule has 7 nitrogen and oxygen atoms in total. The van der Waals surface area contributed by atoms with Crippen molar-refractivity contribution >= 4 is 27.3 Å². The Morgan fingerprint density at radius 3 is 2.00 bits per heavy atom. The fraction of sp³-hybridized carbons (Fsp3) is 0.107. The van der Waals surface area contributed by atoms with Crippen LogP contribution in [-0.2, 0) is 14.8 Å². The van der Waals surface area contributed by atoms with Gasteiger partial charge in [-0.3, -0.25) is 9.52 Å². The van der Waals surface area contributed by atoms with E-state index in [0.29, 0.717) is 22.9 Å². The van der Waals surface area contributed by atoms with Crippen LogP contribution in [-0.4, -0.2) is 20.9 Å². The third-order valence-electron chi connectivity index (χ3n) is 5.38. The molecule has 0 aliphatic heterocycles. The van der Waals surface area contributed by atoms with E-state index in [1.165, 1.54) is 24.3 Å². The van der Waals surface area contributed by atoms with Crippen LogP contribution >= 0.6 is 0 Å². The van der Waals surface area contributed by atoms with Crippen LogP contribution in [0.15, 0.2) is 102 Å². The first-order valence-electron chi connectivity index (χ1n) is 11.2. The Hall–Kier alpha value is -4.30. The molecule has 0 aromatic heterocycles. The molecule has 0 atom stereocenters. The zero-order chi connectivity index (χ0) is 25.5. The summed E-state index contributed by atoms with van der Waals surface area (Å²) < 4.78 is 39.2. The largest absolute Gasteiger partial charge is 0.484 e. The first kappa shape index (κ1) is 24.8. The Morgan fingerprint density at radius 2 is 1.33 bits per heavy atom. The molecule has 0 unspecified atom stereocenters. The number of hydrogen-bond donors (Lipinski definition) is 2. The molecule has 0 aliphatic carbocycles. The van der Waals surface area contributed by atoms with E-state index in [-0.39, 0.29) is 17.4 Å². The van der Waals surface area contributed by atoms with Crippen LogP contribution in [0.3, 0.4) is 0 Å². The summed E-state index contributed by atoms with van der Waals surface area (Å²) in [6.45, 7) is 3.66. The number of ether oxygens (including phenoxy) is 2. The molecule has 4 aromatic rings. The lowest BCUT2D eigenvalue weighted by Crippen LogP contribution is -2.20. The zero-order valence-corrected chi connectivity index (χ0v) is 20.7. The standard InChI is InChI=1S/C28H26N2O5S/c1-20-8-9-23(18-21(20)2)30-36(32,33)27-16-14-24(15-17-27)34-19-28(31)29-22-10-12-26(13-11-22)35-25-6-4-3-5-7-25/h3-18,30H,19H2,1-2H3,(H,29,31). The highest BCUT2D eigenvalue weighted by molar-refractivity contribution is 7.92. The molecule has 0 heterocycles. The fourth-order valence-electron chi connectivity index (χ4n) is 3.31. The van der Waals surface area contributed by atoms with Gasteiger partial charge in [0, 0.05) is 11.4 Å². The maximum Gasteiger partial charge on any atom is 0.262 e. The van der Waals surface area contributed by atoms with Gasteiger partial charge in [-0.25, -0.2) is 8.42 Å². The summed E-state index contributed by atoms with van der Waals surface area (Å²) in [5.74, 6) is 1.40. The summed E-state index contributed by atoms with van der Waals surface area (Å²) in [5.41, 5.74) is 3.17. The number of aryl methyl sites for hydroxylation is 2. The van der Waals surface area contributed by atoms with Crippen molar-refractivity contribution < 1.29 is 22.7 Å². The normalized spacial score (nSPS) is 10.9. The topological polar surface area (TPSA) is 93.7 Å². The molecular formula is C28H26N2O5S. The predicted octanol–water partition coefficient (Wildman–Crippen LogP) is 5.91. The first-order valence-corrected chi connectivity index (χ1v) is 12.7. The molecule has 8 heteroatoms. The molecule has 1 amide bonds. The molecule has 2 N–H and O–H groups in total. The molecule has 0 radical (unpaired) electrons. The highest BCUT2D eigenvalue weighted by Gasteiger charge is 2.15. The highest BCUT2D eigenvalue weighted by atomic mass is 32.2. The van der Waals surface area contributed by atoms with Crippen LogP contribution in [0.1, 0.15) is 11.1 Å². The van der Waals surface area contributed by atoms with Gasteiger partial charge >= 0.3 is 0 Å². The Kier molecular flexibility index (Phi) is 7.56. The van der Waals surface area contributed by atoms with Gasteiger partial charge in [-0.2, -0.15) is 0 Å². The maximum absolute atomic E-state index is 12.7. The maximum atomic E-state index is 12.7. The number of carbonyl (C=O) groups excluding carboxylic acids is 1. The number of nitrogens with one attached hydrogen (secondary N) is 2. The van der Waals surface area contributed by atoms with Crippen molar-refractivity contribution in [2.75, 3.05) is 16.6 Å². The number of carbonyl (C=O) groups is 1. The number of sulfonamides is 1. The Morgan fingerprint density at radius 1 is 0.722 bits per heavy atom. The third-order valence-corrected chi connectivity index (χ3v) is 6.78. The van der Waals surface area contributed by atoms with Crippen molar-refractivity contribution in [1.82, 2.24) is 0 Å². The number of rotatable bonds is 9. The van der Waals surface area contributed by atoms with Crippen molar-refractivity contribution in [2.24, 2.45) is 0 Å². The second-order valence-electron chi connectivity index (χ2n) is 8.15. The van der Waals surface area contributed by atoms with Crippen LogP contribution in [0.25, 0.3) is 0 Å². The molecule has 0 saturated heterocycles. The Balaban J connectivity index is 1.28. The average Bonchev–Trinajstić information content (AvgIpc) is 2.87. The van der Waals surface area contributed by atoms with Gasteiger partial charge in [-0.15, -0.1) is 0 Å². The minimum absolute atomic E-state index is 0.0929. The summed E-state index contributed by atoms with van der Waals surface area (Å²) >= 11 is 0. The van der Waals surface area contributed by atoms with Gasteiger partial charge in [0.1, 0.15) is 17.2 Å². The summed E-state index contributed by atoms with van der Waals surface area (Å²) in [5, 5.41) is 2.75. The smallest absolute Gasteiger partial charge is 0.262 e. The van der Waals surface area contributed by atoms with E-state index in [2.05, 4.69) is 10.0 Å². The average molecular weight is 503 g/mol. The lowest BCUT2D eigenvalue weighted by atomic mass is 10.1. The molecule has 0 saturated carbocycles. The van der Waals surface area contributed by atoms with E-state index in [0.717, 1.165) is 16.9 Å². The Labute approximate surface area is 210 Å². The highest BCUT2D eigenvalue weighted by Crippen LogP contribution is 2.23. The number of anilines is 2. The summed E-state index contributed by atoms with van der Waals surface area (Å²) in [6, 6.07) is 27.6. The number of para-hydroxylation sites is 1. The zero-order valence-electron chi connectivity index (χ0n) is 19.9. The minimum Gasteiger partial charge on any atom is -0.484 e. The Bertz CT molecular complexity index is 1440. The second-order valence-corrected chi connectivity index (χ2v) is 9.83. The molecule has 0 fully saturated rings. The number of amides is 1. The molecular weight excluding hydrogens is 476 g/mol. The van der Waals surface area contributed by atoms with Crippen molar-refractivity contribution in [3.05, 3.63) is 108 Å². The van der Waals surface area contributed by atoms with Crippen LogP contribution < -0.4 is 19.5 Å². The molecule has 4 aromatic carbocycles. The summed E-state index contributed by atoms with van der Waals surface area (Å²) in [4.78, 5) is 12.4. The van der Waals surface area contributed by atoms with Crippen molar-refractivity contribution in [2.45, 2.75) is 18.7 Å². The minimum atomic E-state index is -3.75. The van der Waals surface area contributed by atoms with Crippen LogP contribution in [0.4, 0.5) is 11.4 Å². The quantitative estimate of drug-likeness (QED) is 0.297. The van der Waals surface area contributed by atoms with E-state index < -0.39 is 10.0 Å². The lowest BCUT2D eigenvalue weighted by molar-refractivity contribution is -0.118. The van der Waals surface area contributed by atoms with E-state index in [1.807, 2.05) is 50.2 Å². The summed E-state index contributed by atoms with van der Waals surface area (Å²) in [6.07, 6.45) is 0. The van der Waals surface area contributed by atoms with Crippen molar-refractivity contribution in [3.8, 4) is 17.2 Å². The molecule has 4 rings (SSSR count). The van der Waals surface area contributed by atoms with Gasteiger partial charge in [0.2, 0.25) is 0 Å². The molecule has 0 aliphatic rings. The van der Waals surface area contributed by atoms with E-state index in [9.17, 15) is 13.2 Å². The predicted molar refractivity (Wildman–Crippen MR) is 140 cm³/mol. The first-order chi connectivity index (χ1) is 17.3.